The van der Waals surface area contributed by atoms with E-state index in [9.17, 15) is 15.0 Å². The Bertz CT molecular complexity index is 768. The third-order valence-corrected chi connectivity index (χ3v) is 3.48. The molecule has 2 aromatic carbocycles. The van der Waals surface area contributed by atoms with Crippen molar-refractivity contribution in [2.45, 2.75) is 0 Å². The maximum Gasteiger partial charge on any atom is 0.185 e. The number of ketones is 1. The number of phenols is 2. The Morgan fingerprint density at radius 3 is 2.35 bits per heavy atom. The van der Waals surface area contributed by atoms with Gasteiger partial charge >= 0.3 is 0 Å². The molecule has 0 radical (unpaired) electrons. The minimum atomic E-state index is -0.311. The van der Waals surface area contributed by atoms with E-state index in [1.165, 1.54) is 50.6 Å². The lowest BCUT2D eigenvalue weighted by Gasteiger charge is -2.07. The smallest absolute Gasteiger partial charge is 0.185 e. The van der Waals surface area contributed by atoms with Crippen LogP contribution in [0.1, 0.15) is 15.9 Å². The zero-order valence-corrected chi connectivity index (χ0v) is 13.3. The van der Waals surface area contributed by atoms with Crippen molar-refractivity contribution in [3.63, 3.8) is 0 Å². The highest BCUT2D eigenvalue weighted by Crippen LogP contribution is 2.32. The first-order chi connectivity index (χ1) is 11.0. The monoisotopic (exact) mass is 334 g/mol. The van der Waals surface area contributed by atoms with Crippen LogP contribution < -0.4 is 9.47 Å². The maximum absolute atomic E-state index is 12.2. The van der Waals surface area contributed by atoms with Gasteiger partial charge in [0.2, 0.25) is 0 Å². The molecule has 0 saturated heterocycles. The average Bonchev–Trinajstić information content (AvgIpc) is 2.55. The molecule has 0 aromatic heterocycles. The fraction of sp³-hybridized carbons (Fsp3) is 0.118. The second-order valence-electron chi connectivity index (χ2n) is 4.63. The standard InChI is InChI=1S/C17H15ClO5/c1-22-16-6-4-10(8-15(16)21)13(19)5-3-11-7-12(18)14(20)9-17(11)23-2/h3-9,20-21H,1-2H3/b5-3+. The number of rotatable bonds is 5. The molecule has 0 fully saturated rings. The molecule has 5 nitrogen and oxygen atoms in total. The molecular weight excluding hydrogens is 320 g/mol. The summed E-state index contributed by atoms with van der Waals surface area (Å²) in [6.07, 6.45) is 2.85. The van der Waals surface area contributed by atoms with E-state index in [1.54, 1.807) is 6.07 Å². The summed E-state index contributed by atoms with van der Waals surface area (Å²) in [7, 11) is 2.88. The van der Waals surface area contributed by atoms with Crippen LogP contribution in [0.25, 0.3) is 6.08 Å². The van der Waals surface area contributed by atoms with Crippen molar-refractivity contribution in [2.75, 3.05) is 14.2 Å². The average molecular weight is 335 g/mol. The van der Waals surface area contributed by atoms with Gasteiger partial charge in [-0.05, 0) is 36.4 Å². The fourth-order valence-electron chi connectivity index (χ4n) is 1.97. The van der Waals surface area contributed by atoms with Crippen molar-refractivity contribution in [3.8, 4) is 23.0 Å². The maximum atomic E-state index is 12.2. The molecule has 0 aliphatic carbocycles. The number of halogens is 1. The predicted molar refractivity (Wildman–Crippen MR) is 87.7 cm³/mol. The van der Waals surface area contributed by atoms with Crippen LogP contribution in [0.5, 0.6) is 23.0 Å². The molecule has 0 heterocycles. The Balaban J connectivity index is 2.28. The van der Waals surface area contributed by atoms with E-state index >= 15 is 0 Å². The second kappa shape index (κ2) is 7.07. The van der Waals surface area contributed by atoms with E-state index in [4.69, 9.17) is 21.1 Å². The Morgan fingerprint density at radius 1 is 1.04 bits per heavy atom. The van der Waals surface area contributed by atoms with Gasteiger partial charge in [0.25, 0.3) is 0 Å². The van der Waals surface area contributed by atoms with Crippen LogP contribution >= 0.6 is 11.6 Å². The van der Waals surface area contributed by atoms with E-state index in [-0.39, 0.29) is 28.1 Å². The zero-order chi connectivity index (χ0) is 17.0. The van der Waals surface area contributed by atoms with Crippen LogP contribution in [-0.2, 0) is 0 Å². The SMILES string of the molecule is COc1ccc(C(=O)/C=C/c2cc(Cl)c(O)cc2OC)cc1O. The fourth-order valence-corrected chi connectivity index (χ4v) is 2.14. The topological polar surface area (TPSA) is 76.0 Å². The molecule has 0 aliphatic rings. The largest absolute Gasteiger partial charge is 0.506 e. The summed E-state index contributed by atoms with van der Waals surface area (Å²) < 4.78 is 10.1. The summed E-state index contributed by atoms with van der Waals surface area (Å²) in [5.74, 6) is 0.143. The van der Waals surface area contributed by atoms with Crippen molar-refractivity contribution in [3.05, 3.63) is 52.6 Å². The molecular formula is C17H15ClO5. The molecule has 0 aliphatic heterocycles. The van der Waals surface area contributed by atoms with Gasteiger partial charge in [-0.25, -0.2) is 0 Å². The van der Waals surface area contributed by atoms with Crippen LogP contribution in [0.3, 0.4) is 0 Å². The lowest BCUT2D eigenvalue weighted by molar-refractivity contribution is 0.104. The molecule has 2 aromatic rings. The van der Waals surface area contributed by atoms with Crippen molar-refractivity contribution in [1.29, 1.82) is 0 Å². The minimum absolute atomic E-state index is 0.105. The summed E-state index contributed by atoms with van der Waals surface area (Å²) in [6.45, 7) is 0. The van der Waals surface area contributed by atoms with Crippen molar-refractivity contribution < 1.29 is 24.5 Å². The summed E-state index contributed by atoms with van der Waals surface area (Å²) >= 11 is 5.86. The van der Waals surface area contributed by atoms with Gasteiger partial charge in [-0.3, -0.25) is 4.79 Å². The predicted octanol–water partition coefficient (Wildman–Crippen LogP) is 3.66. The van der Waals surface area contributed by atoms with E-state index in [2.05, 4.69) is 0 Å². The quantitative estimate of drug-likeness (QED) is 0.644. The Morgan fingerprint density at radius 2 is 1.74 bits per heavy atom. The van der Waals surface area contributed by atoms with E-state index in [1.807, 2.05) is 0 Å². The number of ether oxygens (including phenoxy) is 2. The van der Waals surface area contributed by atoms with Crippen LogP contribution in [-0.4, -0.2) is 30.2 Å². The second-order valence-corrected chi connectivity index (χ2v) is 5.04. The molecule has 23 heavy (non-hydrogen) atoms. The third-order valence-electron chi connectivity index (χ3n) is 3.18. The van der Waals surface area contributed by atoms with Gasteiger partial charge < -0.3 is 19.7 Å². The summed E-state index contributed by atoms with van der Waals surface area (Å²) in [4.78, 5) is 12.2. The van der Waals surface area contributed by atoms with Gasteiger partial charge in [0.1, 0.15) is 11.5 Å². The van der Waals surface area contributed by atoms with Crippen LogP contribution in [0.4, 0.5) is 0 Å². The number of phenolic OH excluding ortho intramolecular Hbond substituents is 2. The van der Waals surface area contributed by atoms with Gasteiger partial charge in [-0.15, -0.1) is 0 Å². The van der Waals surface area contributed by atoms with Gasteiger partial charge in [-0.2, -0.15) is 0 Å². The molecule has 0 spiro atoms. The van der Waals surface area contributed by atoms with Crippen LogP contribution in [0.15, 0.2) is 36.4 Å². The lowest BCUT2D eigenvalue weighted by Crippen LogP contribution is -1.95. The first kappa shape index (κ1) is 16.7. The molecule has 0 unspecified atom stereocenters. The number of aromatic hydroxyl groups is 2. The molecule has 2 rings (SSSR count). The number of benzene rings is 2. The first-order valence-corrected chi connectivity index (χ1v) is 7.00. The molecule has 0 bridgehead atoms. The zero-order valence-electron chi connectivity index (χ0n) is 12.5. The highest BCUT2D eigenvalue weighted by Gasteiger charge is 2.09. The van der Waals surface area contributed by atoms with Crippen molar-refractivity contribution >= 4 is 23.5 Å². The molecule has 0 amide bonds. The highest BCUT2D eigenvalue weighted by molar-refractivity contribution is 6.32. The molecule has 2 N–H and O–H groups in total. The number of allylic oxidation sites excluding steroid dienone is 1. The van der Waals surface area contributed by atoms with E-state index in [0.29, 0.717) is 16.9 Å². The summed E-state index contributed by atoms with van der Waals surface area (Å²) in [5.41, 5.74) is 0.852. The van der Waals surface area contributed by atoms with Gasteiger partial charge in [0, 0.05) is 17.2 Å². The van der Waals surface area contributed by atoms with Gasteiger partial charge in [-0.1, -0.05) is 11.6 Å². The van der Waals surface area contributed by atoms with Gasteiger partial charge in [0.05, 0.1) is 19.2 Å². The number of hydrogen-bond acceptors (Lipinski definition) is 5. The van der Waals surface area contributed by atoms with Gasteiger partial charge in [0.15, 0.2) is 17.3 Å². The molecule has 6 heteroatoms. The van der Waals surface area contributed by atoms with Crippen molar-refractivity contribution in [2.24, 2.45) is 0 Å². The minimum Gasteiger partial charge on any atom is -0.506 e. The first-order valence-electron chi connectivity index (χ1n) is 6.62. The van der Waals surface area contributed by atoms with E-state index < -0.39 is 0 Å². The number of carbonyl (C=O) groups excluding carboxylic acids is 1. The van der Waals surface area contributed by atoms with Crippen molar-refractivity contribution in [1.82, 2.24) is 0 Å². The Kier molecular flexibility index (Phi) is 5.13. The number of hydrogen-bond donors (Lipinski definition) is 2. The number of carbonyl (C=O) groups is 1. The highest BCUT2D eigenvalue weighted by atomic mass is 35.5. The molecule has 120 valence electrons. The summed E-state index contributed by atoms with van der Waals surface area (Å²) in [5, 5.41) is 19.4. The molecule has 0 atom stereocenters. The molecule has 0 saturated carbocycles. The van der Waals surface area contributed by atoms with Crippen LogP contribution in [0.2, 0.25) is 5.02 Å². The van der Waals surface area contributed by atoms with Crippen LogP contribution in [0, 0.1) is 0 Å². The lowest BCUT2D eigenvalue weighted by atomic mass is 10.1. The van der Waals surface area contributed by atoms with E-state index in [0.717, 1.165) is 0 Å². The normalized spacial score (nSPS) is 10.7. The Labute approximate surface area is 138 Å². The Hall–Kier alpha value is -2.66. The summed E-state index contributed by atoms with van der Waals surface area (Å²) in [6, 6.07) is 7.24. The third kappa shape index (κ3) is 3.76. The number of methoxy groups -OCH3 is 2.